The lowest BCUT2D eigenvalue weighted by atomic mass is 9.88. The van der Waals surface area contributed by atoms with Crippen molar-refractivity contribution in [3.8, 4) is 11.1 Å². The highest BCUT2D eigenvalue weighted by Gasteiger charge is 2.39. The summed E-state index contributed by atoms with van der Waals surface area (Å²) in [6, 6.07) is 11.2. The van der Waals surface area contributed by atoms with Gasteiger partial charge in [-0.3, -0.25) is 14.5 Å². The summed E-state index contributed by atoms with van der Waals surface area (Å²) in [5, 5.41) is 4.68. The zero-order chi connectivity index (χ0) is 27.3. The summed E-state index contributed by atoms with van der Waals surface area (Å²) in [6.07, 6.45) is 3.90. The predicted octanol–water partition coefficient (Wildman–Crippen LogP) is 5.89. The molecule has 0 unspecified atom stereocenters. The van der Waals surface area contributed by atoms with E-state index in [1.807, 2.05) is 35.8 Å². The van der Waals surface area contributed by atoms with Crippen molar-refractivity contribution in [1.82, 2.24) is 24.3 Å². The Bertz CT molecular complexity index is 1700. The second kappa shape index (κ2) is 9.37. The fourth-order valence-electron chi connectivity index (χ4n) is 5.29. The van der Waals surface area contributed by atoms with Crippen LogP contribution >= 0.6 is 0 Å². The molecule has 4 heterocycles. The van der Waals surface area contributed by atoms with Gasteiger partial charge in [-0.15, -0.1) is 0 Å². The Hall–Kier alpha value is -4.47. The van der Waals surface area contributed by atoms with Gasteiger partial charge < -0.3 is 9.47 Å². The second-order valence-electron chi connectivity index (χ2n) is 9.71. The third kappa shape index (κ3) is 4.45. The fourth-order valence-corrected chi connectivity index (χ4v) is 5.29. The lowest BCUT2D eigenvalue weighted by Crippen LogP contribution is -2.38. The number of carbonyl (C=O) groups excluding carboxylic acids is 1. The van der Waals surface area contributed by atoms with Crippen molar-refractivity contribution in [2.75, 3.05) is 11.4 Å². The SMILES string of the molecule is CCn1cc(-c2cc(Cn3ccnc3)cc3c2CCN(c2ccnc4ccc(C)cc24)C3=O)c(C(F)(F)F)n1. The fraction of sp³-hybridized carbons (Fsp3) is 0.241. The molecule has 2 aromatic carbocycles. The highest BCUT2D eigenvalue weighted by atomic mass is 19.4. The van der Waals surface area contributed by atoms with E-state index < -0.39 is 11.9 Å². The third-order valence-electron chi connectivity index (χ3n) is 7.10. The van der Waals surface area contributed by atoms with Gasteiger partial charge >= 0.3 is 6.18 Å². The molecule has 39 heavy (non-hydrogen) atoms. The van der Waals surface area contributed by atoms with Crippen LogP contribution in [0.4, 0.5) is 18.9 Å². The van der Waals surface area contributed by atoms with Gasteiger partial charge in [0, 0.05) is 60.9 Å². The van der Waals surface area contributed by atoms with Crippen molar-refractivity contribution in [1.29, 1.82) is 0 Å². The Kier molecular flexibility index (Phi) is 5.97. The molecule has 0 radical (unpaired) electrons. The van der Waals surface area contributed by atoms with Crippen LogP contribution in [0.1, 0.15) is 39.7 Å². The van der Waals surface area contributed by atoms with Gasteiger partial charge in [0.1, 0.15) is 0 Å². The first kappa shape index (κ1) is 24.8. The van der Waals surface area contributed by atoms with Gasteiger partial charge in [-0.05, 0) is 67.3 Å². The van der Waals surface area contributed by atoms with E-state index in [9.17, 15) is 18.0 Å². The number of hydrogen-bond donors (Lipinski definition) is 0. The van der Waals surface area contributed by atoms with Gasteiger partial charge in [-0.1, -0.05) is 11.6 Å². The largest absolute Gasteiger partial charge is 0.435 e. The number of fused-ring (bicyclic) bond motifs is 2. The van der Waals surface area contributed by atoms with E-state index in [2.05, 4.69) is 15.1 Å². The molecular formula is C29H25F3N6O. The Morgan fingerprint density at radius 2 is 1.85 bits per heavy atom. The standard InChI is InChI=1S/C29H25F3N6O/c1-3-37-16-24(27(35-37)29(30,31)32)21-13-19(15-36-11-9-33-17-36)14-22-20(21)7-10-38(28(22)39)26-6-8-34-25-5-4-18(2)12-23(25)26/h4-6,8-9,11-14,16-17H,3,7,10,15H2,1-2H3. The van der Waals surface area contributed by atoms with Crippen LogP contribution in [-0.2, 0) is 25.7 Å². The predicted molar refractivity (Wildman–Crippen MR) is 142 cm³/mol. The number of nitrogens with zero attached hydrogens (tertiary/aromatic N) is 6. The summed E-state index contributed by atoms with van der Waals surface area (Å²) in [5.74, 6) is -0.254. The number of pyridine rings is 1. The van der Waals surface area contributed by atoms with Gasteiger partial charge in [-0.2, -0.15) is 18.3 Å². The highest BCUT2D eigenvalue weighted by molar-refractivity contribution is 6.13. The van der Waals surface area contributed by atoms with Crippen LogP contribution in [0, 0.1) is 6.92 Å². The number of alkyl halides is 3. The van der Waals surface area contributed by atoms with Gasteiger partial charge in [0.25, 0.3) is 5.91 Å². The smallest absolute Gasteiger partial charge is 0.333 e. The van der Waals surface area contributed by atoms with Gasteiger partial charge in [0.05, 0.1) is 17.5 Å². The zero-order valence-corrected chi connectivity index (χ0v) is 21.4. The van der Waals surface area contributed by atoms with Crippen LogP contribution in [0.2, 0.25) is 0 Å². The van der Waals surface area contributed by atoms with Gasteiger partial charge in [0.15, 0.2) is 5.69 Å². The van der Waals surface area contributed by atoms with E-state index in [4.69, 9.17) is 0 Å². The Morgan fingerprint density at radius 1 is 1.03 bits per heavy atom. The van der Waals surface area contributed by atoms with Gasteiger partial charge in [0.2, 0.25) is 0 Å². The molecule has 198 valence electrons. The van der Waals surface area contributed by atoms with Crippen molar-refractivity contribution in [3.63, 3.8) is 0 Å². The van der Waals surface area contributed by atoms with Crippen LogP contribution in [0.15, 0.2) is 67.5 Å². The third-order valence-corrected chi connectivity index (χ3v) is 7.10. The topological polar surface area (TPSA) is 68.8 Å². The quantitative estimate of drug-likeness (QED) is 0.284. The molecule has 1 amide bonds. The summed E-state index contributed by atoms with van der Waals surface area (Å²) in [5.41, 5.74) is 3.66. The Morgan fingerprint density at radius 3 is 2.59 bits per heavy atom. The van der Waals surface area contributed by atoms with Crippen LogP contribution < -0.4 is 4.90 Å². The number of hydrogen-bond acceptors (Lipinski definition) is 4. The van der Waals surface area contributed by atoms with Gasteiger partial charge in [-0.25, -0.2) is 4.98 Å². The number of imidazole rings is 1. The minimum Gasteiger partial charge on any atom is -0.333 e. The van der Waals surface area contributed by atoms with Crippen molar-refractivity contribution < 1.29 is 18.0 Å². The van der Waals surface area contributed by atoms with E-state index in [0.29, 0.717) is 48.3 Å². The average molecular weight is 531 g/mol. The molecular weight excluding hydrogens is 505 g/mol. The van der Waals surface area contributed by atoms with E-state index in [-0.39, 0.29) is 11.5 Å². The lowest BCUT2D eigenvalue weighted by Gasteiger charge is -2.31. The van der Waals surface area contributed by atoms with Crippen molar-refractivity contribution in [2.24, 2.45) is 0 Å². The molecule has 0 aliphatic carbocycles. The molecule has 0 saturated heterocycles. The summed E-state index contributed by atoms with van der Waals surface area (Å²) >= 11 is 0. The molecule has 0 bridgehead atoms. The molecule has 0 fully saturated rings. The molecule has 5 aromatic rings. The van der Waals surface area contributed by atoms with Crippen LogP contribution in [0.3, 0.4) is 0 Å². The monoisotopic (exact) mass is 530 g/mol. The maximum absolute atomic E-state index is 14.1. The Balaban J connectivity index is 1.53. The molecule has 3 aromatic heterocycles. The summed E-state index contributed by atoms with van der Waals surface area (Å²) in [6.45, 7) is 4.70. The van der Waals surface area contributed by atoms with E-state index in [1.165, 1.54) is 10.9 Å². The van der Waals surface area contributed by atoms with Crippen molar-refractivity contribution in [3.05, 3.63) is 95.5 Å². The highest BCUT2D eigenvalue weighted by Crippen LogP contribution is 2.41. The van der Waals surface area contributed by atoms with Crippen LogP contribution in [0.5, 0.6) is 0 Å². The number of rotatable bonds is 5. The molecule has 7 nitrogen and oxygen atoms in total. The second-order valence-corrected chi connectivity index (χ2v) is 9.71. The number of aromatic nitrogens is 5. The van der Waals surface area contributed by atoms with Crippen LogP contribution in [0.25, 0.3) is 22.0 Å². The summed E-state index contributed by atoms with van der Waals surface area (Å²) in [7, 11) is 0. The molecule has 0 N–H and O–H groups in total. The normalized spacial score (nSPS) is 13.8. The minimum absolute atomic E-state index is 0.0145. The first-order valence-corrected chi connectivity index (χ1v) is 12.7. The van der Waals surface area contributed by atoms with E-state index in [0.717, 1.165) is 22.2 Å². The van der Waals surface area contributed by atoms with Crippen molar-refractivity contribution >= 4 is 22.5 Å². The number of carbonyl (C=O) groups is 1. The number of halogens is 3. The molecule has 0 atom stereocenters. The number of aryl methyl sites for hydroxylation is 2. The average Bonchev–Trinajstić information content (AvgIpc) is 3.59. The van der Waals surface area contributed by atoms with Crippen molar-refractivity contribution in [2.45, 2.75) is 39.5 Å². The minimum atomic E-state index is -4.64. The number of anilines is 1. The summed E-state index contributed by atoms with van der Waals surface area (Å²) < 4.78 is 45.4. The molecule has 1 aliphatic heterocycles. The van der Waals surface area contributed by atoms with Crippen LogP contribution in [-0.4, -0.2) is 36.8 Å². The lowest BCUT2D eigenvalue weighted by molar-refractivity contribution is -0.141. The Labute approximate surface area is 222 Å². The summed E-state index contributed by atoms with van der Waals surface area (Å²) in [4.78, 5) is 24.3. The molecule has 10 heteroatoms. The number of benzene rings is 2. The first-order chi connectivity index (χ1) is 18.7. The molecule has 1 aliphatic rings. The molecule has 0 spiro atoms. The number of amides is 1. The maximum Gasteiger partial charge on any atom is 0.435 e. The first-order valence-electron chi connectivity index (χ1n) is 12.7. The van der Waals surface area contributed by atoms with E-state index >= 15 is 0 Å². The maximum atomic E-state index is 14.1. The molecule has 6 rings (SSSR count). The molecule has 0 saturated carbocycles. The van der Waals surface area contributed by atoms with E-state index in [1.54, 1.807) is 48.9 Å². The zero-order valence-electron chi connectivity index (χ0n) is 21.4.